The Labute approximate surface area is 249 Å². The topological polar surface area (TPSA) is 51.8 Å². The van der Waals surface area contributed by atoms with Crippen molar-refractivity contribution in [2.24, 2.45) is 0 Å². The fourth-order valence-corrected chi connectivity index (χ4v) is 5.57. The summed E-state index contributed by atoms with van der Waals surface area (Å²) in [5.74, 6) is 1.95. The van der Waals surface area contributed by atoms with Crippen molar-refractivity contribution in [2.45, 2.75) is 0 Å². The monoisotopic (exact) mass is 551 g/mol. The third kappa shape index (κ3) is 4.65. The SMILES string of the molecule is c1ccc(-c2nc(-c3ccccc3)nc(-c3ccc(-c4ccc5oc6c(-c7ccccc7)cccc6c5c4)cc3)n2)cc1. The van der Waals surface area contributed by atoms with E-state index in [0.29, 0.717) is 17.5 Å². The van der Waals surface area contributed by atoms with Crippen LogP contribution in [0.5, 0.6) is 0 Å². The van der Waals surface area contributed by atoms with Crippen LogP contribution in [0, 0.1) is 0 Å². The van der Waals surface area contributed by atoms with E-state index in [-0.39, 0.29) is 0 Å². The van der Waals surface area contributed by atoms with Gasteiger partial charge in [0.05, 0.1) is 0 Å². The predicted octanol–water partition coefficient (Wildman–Crippen LogP) is 10.1. The molecule has 202 valence electrons. The van der Waals surface area contributed by atoms with Crippen LogP contribution in [0.3, 0.4) is 0 Å². The van der Waals surface area contributed by atoms with Gasteiger partial charge >= 0.3 is 0 Å². The Morgan fingerprint density at radius 3 is 1.42 bits per heavy atom. The summed E-state index contributed by atoms with van der Waals surface area (Å²) in [6, 6.07) is 51.6. The van der Waals surface area contributed by atoms with E-state index in [2.05, 4.69) is 84.9 Å². The number of furan rings is 1. The van der Waals surface area contributed by atoms with Gasteiger partial charge in [-0.15, -0.1) is 0 Å². The summed E-state index contributed by atoms with van der Waals surface area (Å²) in [5, 5.41) is 2.22. The summed E-state index contributed by atoms with van der Waals surface area (Å²) >= 11 is 0. The first-order chi connectivity index (χ1) is 21.3. The minimum Gasteiger partial charge on any atom is -0.455 e. The number of hydrogen-bond acceptors (Lipinski definition) is 4. The molecule has 0 atom stereocenters. The Balaban J connectivity index is 1.18. The third-order valence-corrected chi connectivity index (χ3v) is 7.76. The van der Waals surface area contributed by atoms with E-state index in [1.165, 1.54) is 0 Å². The maximum Gasteiger partial charge on any atom is 0.164 e. The van der Waals surface area contributed by atoms with Crippen LogP contribution >= 0.6 is 0 Å². The fourth-order valence-electron chi connectivity index (χ4n) is 5.57. The molecule has 0 spiro atoms. The molecule has 0 N–H and O–H groups in total. The second-order valence-corrected chi connectivity index (χ2v) is 10.5. The zero-order chi connectivity index (χ0) is 28.6. The molecule has 8 rings (SSSR count). The molecule has 0 saturated carbocycles. The van der Waals surface area contributed by atoms with Crippen LogP contribution in [-0.4, -0.2) is 15.0 Å². The molecule has 2 heterocycles. The minimum absolute atomic E-state index is 0.643. The van der Waals surface area contributed by atoms with Gasteiger partial charge in [-0.3, -0.25) is 0 Å². The Hall–Kier alpha value is -5.87. The molecule has 4 heteroatoms. The lowest BCUT2D eigenvalue weighted by molar-refractivity contribution is 0.670. The standard InChI is InChI=1S/C39H25N3O/c1-4-11-27(12-5-1)32-17-10-18-33-34-25-31(23-24-35(34)43-36(32)33)26-19-21-30(22-20-26)39-41-37(28-13-6-2-7-14-28)40-38(42-39)29-15-8-3-9-16-29/h1-25H. The number of hydrogen-bond donors (Lipinski definition) is 0. The first-order valence-electron chi connectivity index (χ1n) is 14.3. The first-order valence-corrected chi connectivity index (χ1v) is 14.3. The van der Waals surface area contributed by atoms with Crippen LogP contribution in [0.15, 0.2) is 156 Å². The molecule has 43 heavy (non-hydrogen) atoms. The largest absolute Gasteiger partial charge is 0.455 e. The molecule has 4 nitrogen and oxygen atoms in total. The Morgan fingerprint density at radius 1 is 0.349 bits per heavy atom. The van der Waals surface area contributed by atoms with Crippen LogP contribution in [-0.2, 0) is 0 Å². The third-order valence-electron chi connectivity index (χ3n) is 7.76. The molecule has 8 aromatic rings. The van der Waals surface area contributed by atoms with Gasteiger partial charge in [0.25, 0.3) is 0 Å². The van der Waals surface area contributed by atoms with Crippen LogP contribution in [0.25, 0.3) is 78.4 Å². The molecule has 0 fully saturated rings. The summed E-state index contributed by atoms with van der Waals surface area (Å²) < 4.78 is 6.38. The van der Waals surface area contributed by atoms with E-state index in [1.54, 1.807) is 0 Å². The van der Waals surface area contributed by atoms with Gasteiger partial charge in [-0.05, 0) is 28.8 Å². The second-order valence-electron chi connectivity index (χ2n) is 10.5. The van der Waals surface area contributed by atoms with Crippen molar-refractivity contribution in [3.8, 4) is 56.4 Å². The highest BCUT2D eigenvalue weighted by Gasteiger charge is 2.15. The van der Waals surface area contributed by atoms with E-state index >= 15 is 0 Å². The summed E-state index contributed by atoms with van der Waals surface area (Å²) in [4.78, 5) is 14.5. The van der Waals surface area contributed by atoms with Crippen molar-refractivity contribution >= 4 is 21.9 Å². The van der Waals surface area contributed by atoms with Gasteiger partial charge in [-0.2, -0.15) is 0 Å². The summed E-state index contributed by atoms with van der Waals surface area (Å²) in [5.41, 5.74) is 9.11. The van der Waals surface area contributed by atoms with E-state index in [4.69, 9.17) is 19.4 Å². The molecule has 6 aromatic carbocycles. The zero-order valence-electron chi connectivity index (χ0n) is 23.2. The van der Waals surface area contributed by atoms with Crippen LogP contribution < -0.4 is 0 Å². The normalized spacial score (nSPS) is 11.3. The predicted molar refractivity (Wildman–Crippen MR) is 174 cm³/mol. The number of para-hydroxylation sites is 1. The number of rotatable bonds is 5. The van der Waals surface area contributed by atoms with Crippen molar-refractivity contribution in [2.75, 3.05) is 0 Å². The molecule has 0 unspecified atom stereocenters. The molecule has 2 aromatic heterocycles. The smallest absolute Gasteiger partial charge is 0.164 e. The molecule has 0 aliphatic rings. The van der Waals surface area contributed by atoms with Crippen molar-refractivity contribution in [1.29, 1.82) is 0 Å². The summed E-state index contributed by atoms with van der Waals surface area (Å²) in [6.45, 7) is 0. The molecular weight excluding hydrogens is 526 g/mol. The Morgan fingerprint density at radius 2 is 0.837 bits per heavy atom. The van der Waals surface area contributed by atoms with Crippen molar-refractivity contribution in [1.82, 2.24) is 15.0 Å². The molecular formula is C39H25N3O. The molecule has 0 aliphatic carbocycles. The summed E-state index contributed by atoms with van der Waals surface area (Å²) in [6.07, 6.45) is 0. The van der Waals surface area contributed by atoms with E-state index in [9.17, 15) is 0 Å². The summed E-state index contributed by atoms with van der Waals surface area (Å²) in [7, 11) is 0. The first kappa shape index (κ1) is 24.9. The molecule has 0 aliphatic heterocycles. The van der Waals surface area contributed by atoms with Gasteiger partial charge in [0.1, 0.15) is 11.2 Å². The fraction of sp³-hybridized carbons (Fsp3) is 0. The van der Waals surface area contributed by atoms with Crippen LogP contribution in [0.2, 0.25) is 0 Å². The van der Waals surface area contributed by atoms with Gasteiger partial charge in [0.2, 0.25) is 0 Å². The Kier molecular flexibility index (Phi) is 6.08. The van der Waals surface area contributed by atoms with Gasteiger partial charge < -0.3 is 4.42 Å². The highest BCUT2D eigenvalue weighted by atomic mass is 16.3. The number of benzene rings is 6. The van der Waals surface area contributed by atoms with Crippen molar-refractivity contribution in [3.63, 3.8) is 0 Å². The lowest BCUT2D eigenvalue weighted by Crippen LogP contribution is -2.00. The lowest BCUT2D eigenvalue weighted by Gasteiger charge is -2.09. The number of nitrogens with zero attached hydrogens (tertiary/aromatic N) is 3. The van der Waals surface area contributed by atoms with E-state index in [1.807, 2.05) is 66.7 Å². The van der Waals surface area contributed by atoms with Crippen LogP contribution in [0.4, 0.5) is 0 Å². The zero-order valence-corrected chi connectivity index (χ0v) is 23.2. The van der Waals surface area contributed by atoms with Gasteiger partial charge in [-0.1, -0.05) is 140 Å². The lowest BCUT2D eigenvalue weighted by atomic mass is 9.99. The van der Waals surface area contributed by atoms with Gasteiger partial charge in [-0.25, -0.2) is 15.0 Å². The van der Waals surface area contributed by atoms with Crippen molar-refractivity contribution in [3.05, 3.63) is 152 Å². The number of fused-ring (bicyclic) bond motifs is 3. The van der Waals surface area contributed by atoms with E-state index in [0.717, 1.165) is 60.9 Å². The average molecular weight is 552 g/mol. The van der Waals surface area contributed by atoms with E-state index < -0.39 is 0 Å². The maximum atomic E-state index is 6.38. The highest BCUT2D eigenvalue weighted by Crippen LogP contribution is 2.37. The maximum absolute atomic E-state index is 6.38. The number of aromatic nitrogens is 3. The van der Waals surface area contributed by atoms with Crippen molar-refractivity contribution < 1.29 is 4.42 Å². The molecule has 0 bridgehead atoms. The highest BCUT2D eigenvalue weighted by molar-refractivity contribution is 6.10. The Bertz CT molecular complexity index is 2150. The minimum atomic E-state index is 0.643. The second kappa shape index (κ2) is 10.5. The molecule has 0 saturated heterocycles. The van der Waals surface area contributed by atoms with Gasteiger partial charge in [0.15, 0.2) is 17.5 Å². The molecule has 0 radical (unpaired) electrons. The van der Waals surface area contributed by atoms with Gasteiger partial charge in [0, 0.05) is 33.0 Å². The molecule has 0 amide bonds. The quantitative estimate of drug-likeness (QED) is 0.214. The van der Waals surface area contributed by atoms with Crippen LogP contribution in [0.1, 0.15) is 0 Å². The average Bonchev–Trinajstić information content (AvgIpc) is 3.47.